The maximum Gasteiger partial charge on any atom is 0.265 e. The quantitative estimate of drug-likeness (QED) is 0.425. The van der Waals surface area contributed by atoms with Crippen molar-refractivity contribution in [1.82, 2.24) is 20.2 Å². The highest BCUT2D eigenvalue weighted by Gasteiger charge is 2.36. The molecule has 3 heterocycles. The van der Waals surface area contributed by atoms with Gasteiger partial charge in [-0.1, -0.05) is 24.4 Å². The van der Waals surface area contributed by atoms with E-state index >= 15 is 0 Å². The van der Waals surface area contributed by atoms with Gasteiger partial charge in [-0.15, -0.1) is 0 Å². The Morgan fingerprint density at radius 2 is 1.97 bits per heavy atom. The number of halogens is 1. The number of hydrogen-bond acceptors (Lipinski definition) is 5. The molecular weight excluding hydrogens is 448 g/mol. The minimum absolute atomic E-state index is 0.117. The fraction of sp³-hybridized carbons (Fsp3) is 0.500. The van der Waals surface area contributed by atoms with Gasteiger partial charge in [-0.05, 0) is 37.7 Å². The highest BCUT2D eigenvalue weighted by Crippen LogP contribution is 2.39. The summed E-state index contributed by atoms with van der Waals surface area (Å²) in [7, 11) is 0. The standard InChI is InChI=1S/C22H27ClN6O4/c23-14-9-26-10-18-13(14)8-16(20(25)31)29(18)17(6-11-3-4-11)22(33)28-15(19(24)30)7-12-2-1-5-27-21(12)32/h8-12,15,17H,1-7H2,(H2,24,30)(H2,25,31)(H,27,32)(H,28,33)/t12-,15-,17-/m0/s1. The zero-order valence-electron chi connectivity index (χ0n) is 18.1. The first kappa shape index (κ1) is 23.0. The number of rotatable bonds is 9. The summed E-state index contributed by atoms with van der Waals surface area (Å²) in [6.45, 7) is 0.597. The summed E-state index contributed by atoms with van der Waals surface area (Å²) in [5.74, 6) is -2.14. The van der Waals surface area contributed by atoms with E-state index in [0.29, 0.717) is 41.2 Å². The molecular formula is C22H27ClN6O4. The van der Waals surface area contributed by atoms with E-state index in [4.69, 9.17) is 23.1 Å². The Bertz CT molecular complexity index is 1110. The molecule has 1 aliphatic heterocycles. The third-order valence-electron chi connectivity index (χ3n) is 6.42. The number of aromatic nitrogens is 2. The molecule has 4 amide bonds. The van der Waals surface area contributed by atoms with E-state index in [-0.39, 0.29) is 18.0 Å². The highest BCUT2D eigenvalue weighted by molar-refractivity contribution is 6.35. The molecule has 2 aromatic heterocycles. The molecule has 176 valence electrons. The number of amides is 4. The zero-order chi connectivity index (χ0) is 23.7. The van der Waals surface area contributed by atoms with Crippen LogP contribution in [0.15, 0.2) is 18.5 Å². The van der Waals surface area contributed by atoms with E-state index in [1.807, 2.05) is 0 Å². The molecule has 0 unspecified atom stereocenters. The summed E-state index contributed by atoms with van der Waals surface area (Å²) in [5, 5.41) is 6.39. The first-order valence-electron chi connectivity index (χ1n) is 11.1. The number of pyridine rings is 1. The van der Waals surface area contributed by atoms with Gasteiger partial charge in [0.15, 0.2) is 0 Å². The molecule has 11 heteroatoms. The Hall–Kier alpha value is -3.14. The number of piperidine rings is 1. The van der Waals surface area contributed by atoms with Gasteiger partial charge < -0.3 is 26.7 Å². The van der Waals surface area contributed by atoms with Crippen molar-refractivity contribution in [2.45, 2.75) is 50.6 Å². The second-order valence-electron chi connectivity index (χ2n) is 8.84. The molecule has 2 aliphatic rings. The Kier molecular flexibility index (Phi) is 6.55. The molecule has 2 aromatic rings. The second-order valence-corrected chi connectivity index (χ2v) is 9.25. The van der Waals surface area contributed by atoms with Crippen LogP contribution in [0.3, 0.4) is 0 Å². The topological polar surface area (TPSA) is 162 Å². The van der Waals surface area contributed by atoms with Crippen LogP contribution in [0.2, 0.25) is 5.02 Å². The van der Waals surface area contributed by atoms with Crippen molar-refractivity contribution in [2.75, 3.05) is 6.54 Å². The van der Waals surface area contributed by atoms with E-state index in [1.165, 1.54) is 12.4 Å². The summed E-state index contributed by atoms with van der Waals surface area (Å²) >= 11 is 6.27. The van der Waals surface area contributed by atoms with Crippen molar-refractivity contribution in [2.24, 2.45) is 23.3 Å². The zero-order valence-corrected chi connectivity index (χ0v) is 18.8. The maximum atomic E-state index is 13.5. The molecule has 0 spiro atoms. The van der Waals surface area contributed by atoms with Crippen LogP contribution in [0, 0.1) is 11.8 Å². The third kappa shape index (κ3) is 4.95. The van der Waals surface area contributed by atoms with Crippen LogP contribution >= 0.6 is 11.6 Å². The summed E-state index contributed by atoms with van der Waals surface area (Å²) in [6, 6.07) is -0.291. The molecule has 33 heavy (non-hydrogen) atoms. The van der Waals surface area contributed by atoms with E-state index < -0.39 is 35.7 Å². The van der Waals surface area contributed by atoms with Crippen LogP contribution in [0.1, 0.15) is 55.1 Å². The predicted molar refractivity (Wildman–Crippen MR) is 121 cm³/mol. The molecule has 2 fully saturated rings. The molecule has 0 bridgehead atoms. The lowest BCUT2D eigenvalue weighted by atomic mass is 9.91. The van der Waals surface area contributed by atoms with Crippen LogP contribution in [-0.2, 0) is 14.4 Å². The summed E-state index contributed by atoms with van der Waals surface area (Å²) < 4.78 is 1.55. The summed E-state index contributed by atoms with van der Waals surface area (Å²) in [4.78, 5) is 54.2. The summed E-state index contributed by atoms with van der Waals surface area (Å²) in [5.41, 5.74) is 11.8. The van der Waals surface area contributed by atoms with E-state index in [9.17, 15) is 19.2 Å². The number of nitrogens with one attached hydrogen (secondary N) is 2. The lowest BCUT2D eigenvalue weighted by Crippen LogP contribution is -2.50. The number of nitrogens with zero attached hydrogens (tertiary/aromatic N) is 2. The largest absolute Gasteiger partial charge is 0.368 e. The van der Waals surface area contributed by atoms with Gasteiger partial charge in [0.25, 0.3) is 5.91 Å². The van der Waals surface area contributed by atoms with Gasteiger partial charge >= 0.3 is 0 Å². The van der Waals surface area contributed by atoms with Crippen LogP contribution in [-0.4, -0.2) is 45.8 Å². The fourth-order valence-electron chi connectivity index (χ4n) is 4.49. The molecule has 1 aliphatic carbocycles. The van der Waals surface area contributed by atoms with Crippen molar-refractivity contribution in [3.8, 4) is 0 Å². The molecule has 1 saturated heterocycles. The van der Waals surface area contributed by atoms with Crippen LogP contribution in [0.4, 0.5) is 0 Å². The number of primary amides is 2. The SMILES string of the molecule is NC(=O)c1cc2c(Cl)cncc2n1[C@@H](CC1CC1)C(=O)N[C@@H](C[C@@H]1CCCNC1=O)C(N)=O. The molecule has 3 atom stereocenters. The van der Waals surface area contributed by atoms with Crippen molar-refractivity contribution in [1.29, 1.82) is 0 Å². The minimum Gasteiger partial charge on any atom is -0.368 e. The molecule has 1 saturated carbocycles. The number of hydrogen-bond donors (Lipinski definition) is 4. The first-order valence-corrected chi connectivity index (χ1v) is 11.5. The van der Waals surface area contributed by atoms with Crippen molar-refractivity contribution in [3.05, 3.63) is 29.2 Å². The first-order chi connectivity index (χ1) is 15.8. The monoisotopic (exact) mass is 474 g/mol. The number of carbonyl (C=O) groups is 4. The number of nitrogens with two attached hydrogens (primary N) is 2. The lowest BCUT2D eigenvalue weighted by Gasteiger charge is -2.27. The smallest absolute Gasteiger partial charge is 0.265 e. The third-order valence-corrected chi connectivity index (χ3v) is 6.72. The average molecular weight is 475 g/mol. The van der Waals surface area contributed by atoms with Crippen molar-refractivity contribution < 1.29 is 19.2 Å². The van der Waals surface area contributed by atoms with Gasteiger partial charge in [0.05, 0.1) is 16.7 Å². The Balaban J connectivity index is 1.66. The van der Waals surface area contributed by atoms with Crippen LogP contribution in [0.25, 0.3) is 10.9 Å². The number of carbonyl (C=O) groups excluding carboxylic acids is 4. The fourth-order valence-corrected chi connectivity index (χ4v) is 4.70. The molecule has 0 radical (unpaired) electrons. The van der Waals surface area contributed by atoms with Gasteiger partial charge in [0, 0.05) is 24.0 Å². The van der Waals surface area contributed by atoms with Gasteiger partial charge in [-0.3, -0.25) is 24.2 Å². The highest BCUT2D eigenvalue weighted by atomic mass is 35.5. The van der Waals surface area contributed by atoms with Crippen molar-refractivity contribution >= 4 is 46.1 Å². The molecule has 10 nitrogen and oxygen atoms in total. The van der Waals surface area contributed by atoms with Crippen LogP contribution < -0.4 is 22.1 Å². The van der Waals surface area contributed by atoms with E-state index in [2.05, 4.69) is 15.6 Å². The van der Waals surface area contributed by atoms with Crippen LogP contribution in [0.5, 0.6) is 0 Å². The predicted octanol–water partition coefficient (Wildman–Crippen LogP) is 1.02. The normalized spacial score (nSPS) is 20.2. The average Bonchev–Trinajstić information content (AvgIpc) is 3.50. The van der Waals surface area contributed by atoms with E-state index in [1.54, 1.807) is 10.6 Å². The maximum absolute atomic E-state index is 13.5. The van der Waals surface area contributed by atoms with Gasteiger partial charge in [0.1, 0.15) is 17.8 Å². The minimum atomic E-state index is -1.02. The van der Waals surface area contributed by atoms with Gasteiger partial charge in [-0.2, -0.15) is 0 Å². The van der Waals surface area contributed by atoms with Crippen molar-refractivity contribution in [3.63, 3.8) is 0 Å². The lowest BCUT2D eigenvalue weighted by molar-refractivity contribution is -0.132. The molecule has 4 rings (SSSR count). The van der Waals surface area contributed by atoms with E-state index in [0.717, 1.165) is 19.3 Å². The number of fused-ring (bicyclic) bond motifs is 1. The molecule has 0 aromatic carbocycles. The Labute approximate surface area is 195 Å². The molecule has 6 N–H and O–H groups in total. The summed E-state index contributed by atoms with van der Waals surface area (Å²) in [6.07, 6.45) is 6.90. The Morgan fingerprint density at radius 1 is 1.21 bits per heavy atom. The van der Waals surface area contributed by atoms with Gasteiger partial charge in [-0.25, -0.2) is 0 Å². The second kappa shape index (κ2) is 9.38. The Morgan fingerprint density at radius 3 is 2.61 bits per heavy atom. The van der Waals surface area contributed by atoms with Gasteiger partial charge in [0.2, 0.25) is 17.7 Å².